The third kappa shape index (κ3) is 4.99. The number of carbonyl (C=O) groups excluding carboxylic acids is 1. The van der Waals surface area contributed by atoms with E-state index in [9.17, 15) is 23.1 Å². The van der Waals surface area contributed by atoms with Crippen LogP contribution in [-0.2, 0) is 11.3 Å². The van der Waals surface area contributed by atoms with Crippen LogP contribution in [0.3, 0.4) is 0 Å². The van der Waals surface area contributed by atoms with E-state index in [4.69, 9.17) is 11.6 Å². The maximum atomic E-state index is 13.1. The molecule has 10 heteroatoms. The van der Waals surface area contributed by atoms with Crippen molar-refractivity contribution >= 4 is 17.5 Å². The number of hydrogen-bond donors (Lipinski definition) is 2. The number of carbonyl (C=O) groups is 1. The number of nitrogens with zero attached hydrogens (tertiary/aromatic N) is 3. The van der Waals surface area contributed by atoms with Gasteiger partial charge in [0.25, 0.3) is 0 Å². The number of rotatable bonds is 6. The van der Waals surface area contributed by atoms with Crippen molar-refractivity contribution in [2.45, 2.75) is 45.3 Å². The van der Waals surface area contributed by atoms with Crippen LogP contribution in [-0.4, -0.2) is 32.1 Å². The fraction of sp³-hybridized carbons (Fsp3) is 0.333. The second-order valence-electron chi connectivity index (χ2n) is 8.80. The van der Waals surface area contributed by atoms with Gasteiger partial charge in [-0.2, -0.15) is 23.1 Å². The molecule has 34 heavy (non-hydrogen) atoms. The monoisotopic (exact) mass is 490 g/mol. The average Bonchev–Trinajstić information content (AvgIpc) is 3.62. The van der Waals surface area contributed by atoms with Crippen molar-refractivity contribution in [3.05, 3.63) is 58.6 Å². The van der Waals surface area contributed by atoms with E-state index < -0.39 is 23.5 Å². The molecular weight excluding hydrogens is 469 g/mol. The van der Waals surface area contributed by atoms with Crippen molar-refractivity contribution in [3.8, 4) is 28.8 Å². The molecular formula is C24H22ClF3N4O2. The smallest absolute Gasteiger partial charge is 0.402 e. The third-order valence-corrected chi connectivity index (χ3v) is 6.15. The van der Waals surface area contributed by atoms with Gasteiger partial charge >= 0.3 is 12.2 Å². The Kier molecular flexibility index (Phi) is 6.24. The summed E-state index contributed by atoms with van der Waals surface area (Å²) in [6, 6.07) is 11.9. The van der Waals surface area contributed by atoms with Gasteiger partial charge in [-0.25, -0.2) is 4.98 Å². The highest BCUT2D eigenvalue weighted by Crippen LogP contribution is 2.41. The first kappa shape index (κ1) is 23.9. The molecule has 0 spiro atoms. The molecule has 2 N–H and O–H groups in total. The summed E-state index contributed by atoms with van der Waals surface area (Å²) >= 11 is 6.33. The second kappa shape index (κ2) is 8.87. The van der Waals surface area contributed by atoms with Crippen LogP contribution in [0.2, 0.25) is 5.02 Å². The van der Waals surface area contributed by atoms with E-state index >= 15 is 0 Å². The minimum atomic E-state index is -4.68. The summed E-state index contributed by atoms with van der Waals surface area (Å²) in [6.45, 7) is 1.49. The van der Waals surface area contributed by atoms with E-state index in [0.717, 1.165) is 32.3 Å². The van der Waals surface area contributed by atoms with Crippen LogP contribution >= 0.6 is 11.6 Å². The fourth-order valence-electron chi connectivity index (χ4n) is 3.35. The number of nitrogens with one attached hydrogen (secondary N) is 1. The van der Waals surface area contributed by atoms with Crippen LogP contribution in [0.5, 0.6) is 6.01 Å². The molecule has 0 saturated heterocycles. The topological polar surface area (TPSA) is 88.0 Å². The summed E-state index contributed by atoms with van der Waals surface area (Å²) in [5.74, 6) is -0.245. The van der Waals surface area contributed by atoms with Crippen LogP contribution in [0.4, 0.5) is 13.2 Å². The van der Waals surface area contributed by atoms with Crippen molar-refractivity contribution in [1.82, 2.24) is 20.3 Å². The van der Waals surface area contributed by atoms with E-state index in [1.54, 1.807) is 12.1 Å². The van der Waals surface area contributed by atoms with Gasteiger partial charge in [0.05, 0.1) is 5.02 Å². The lowest BCUT2D eigenvalue weighted by Gasteiger charge is -2.26. The van der Waals surface area contributed by atoms with Gasteiger partial charge in [0.15, 0.2) is 11.6 Å². The lowest BCUT2D eigenvalue weighted by molar-refractivity contribution is -0.211. The first-order chi connectivity index (χ1) is 16.0. The van der Waals surface area contributed by atoms with Crippen LogP contribution in [0.25, 0.3) is 22.8 Å². The molecule has 0 radical (unpaired) electrons. The molecule has 1 heterocycles. The van der Waals surface area contributed by atoms with Gasteiger partial charge in [-0.1, -0.05) is 35.9 Å². The van der Waals surface area contributed by atoms with Crippen molar-refractivity contribution in [2.75, 3.05) is 0 Å². The Hall–Kier alpha value is -3.20. The summed E-state index contributed by atoms with van der Waals surface area (Å²) in [4.78, 5) is 24.6. The largest absolute Gasteiger partial charge is 0.479 e. The Morgan fingerprint density at radius 3 is 2.47 bits per heavy atom. The molecule has 1 fully saturated rings. The molecule has 1 aromatic heterocycles. The number of aromatic hydroxyl groups is 1. The minimum Gasteiger partial charge on any atom is -0.479 e. The molecule has 2 aromatic carbocycles. The van der Waals surface area contributed by atoms with Crippen molar-refractivity contribution in [1.29, 1.82) is 0 Å². The molecule has 6 nitrogen and oxygen atoms in total. The van der Waals surface area contributed by atoms with Crippen molar-refractivity contribution < 1.29 is 23.1 Å². The van der Waals surface area contributed by atoms with E-state index in [1.807, 2.05) is 24.3 Å². The highest BCUT2D eigenvalue weighted by atomic mass is 35.5. The molecule has 4 rings (SSSR count). The Labute approximate surface area is 199 Å². The number of alkyl halides is 3. The number of aromatic nitrogens is 3. The fourth-order valence-corrected chi connectivity index (χ4v) is 3.55. The normalized spacial score (nSPS) is 14.2. The molecule has 3 aromatic rings. The van der Waals surface area contributed by atoms with Gasteiger partial charge in [-0.15, -0.1) is 0 Å². The van der Waals surface area contributed by atoms with Gasteiger partial charge in [-0.05, 0) is 61.9 Å². The van der Waals surface area contributed by atoms with Crippen LogP contribution < -0.4 is 5.32 Å². The standard InChI is InChI=1S/C24H22ClF3N4O2/c1-23(2,24(26,27)28)21(33)29-12-13-6-9-18(25)17(10-13)20-30-19(31-22(34)32-20)16-5-3-4-15(11-16)14-7-8-14/h3-6,9-11,14H,7-8,12H2,1-2H3,(H,29,33)(H,30,31,32,34). The molecule has 0 atom stereocenters. The van der Waals surface area contributed by atoms with E-state index in [0.29, 0.717) is 17.0 Å². The molecule has 0 unspecified atom stereocenters. The third-order valence-electron chi connectivity index (χ3n) is 5.82. The highest BCUT2D eigenvalue weighted by molar-refractivity contribution is 6.33. The maximum Gasteiger partial charge on any atom is 0.402 e. The number of halogens is 4. The summed E-state index contributed by atoms with van der Waals surface area (Å²) < 4.78 is 39.3. The SMILES string of the molecule is CC(C)(C(=O)NCc1ccc(Cl)c(-c2nc(O)nc(-c3cccc(C4CC4)c3)n2)c1)C(F)(F)F. The molecule has 0 bridgehead atoms. The molecule has 1 amide bonds. The number of benzene rings is 2. The zero-order valence-electron chi connectivity index (χ0n) is 18.4. The molecule has 1 aliphatic rings. The van der Waals surface area contributed by atoms with Crippen LogP contribution in [0.1, 0.15) is 43.7 Å². The number of hydrogen-bond acceptors (Lipinski definition) is 5. The van der Waals surface area contributed by atoms with Crippen LogP contribution in [0.15, 0.2) is 42.5 Å². The summed E-state index contributed by atoms with van der Waals surface area (Å²) in [7, 11) is 0. The predicted molar refractivity (Wildman–Crippen MR) is 121 cm³/mol. The van der Waals surface area contributed by atoms with E-state index in [-0.39, 0.29) is 23.2 Å². The van der Waals surface area contributed by atoms with Crippen molar-refractivity contribution in [2.24, 2.45) is 5.41 Å². The quantitative estimate of drug-likeness (QED) is 0.466. The highest BCUT2D eigenvalue weighted by Gasteiger charge is 2.52. The molecule has 1 aliphatic carbocycles. The first-order valence-electron chi connectivity index (χ1n) is 10.6. The Morgan fingerprint density at radius 2 is 1.79 bits per heavy atom. The number of amides is 1. The van der Waals surface area contributed by atoms with Gasteiger partial charge in [0, 0.05) is 17.7 Å². The Balaban J connectivity index is 1.61. The first-order valence-corrected chi connectivity index (χ1v) is 11.0. The zero-order chi connectivity index (χ0) is 24.7. The van der Waals surface area contributed by atoms with E-state index in [2.05, 4.69) is 20.3 Å². The summed E-state index contributed by atoms with van der Waals surface area (Å²) in [5, 5.41) is 12.7. The predicted octanol–water partition coefficient (Wildman–Crippen LogP) is 5.65. The second-order valence-corrected chi connectivity index (χ2v) is 9.21. The average molecular weight is 491 g/mol. The lowest BCUT2D eigenvalue weighted by Crippen LogP contribution is -2.46. The molecule has 178 valence electrons. The van der Waals surface area contributed by atoms with Gasteiger partial charge in [0.2, 0.25) is 5.91 Å². The summed E-state index contributed by atoms with van der Waals surface area (Å²) in [6.07, 6.45) is -2.41. The van der Waals surface area contributed by atoms with Gasteiger partial charge in [0.1, 0.15) is 5.41 Å². The Morgan fingerprint density at radius 1 is 1.09 bits per heavy atom. The lowest BCUT2D eigenvalue weighted by atomic mass is 9.91. The molecule has 0 aliphatic heterocycles. The summed E-state index contributed by atoms with van der Waals surface area (Å²) in [5.41, 5.74) is 0.198. The maximum absolute atomic E-state index is 13.1. The zero-order valence-corrected chi connectivity index (χ0v) is 19.2. The Bertz CT molecular complexity index is 1240. The van der Waals surface area contributed by atoms with E-state index in [1.165, 1.54) is 11.6 Å². The van der Waals surface area contributed by atoms with Crippen molar-refractivity contribution in [3.63, 3.8) is 0 Å². The van der Waals surface area contributed by atoms with Gasteiger partial charge < -0.3 is 10.4 Å². The molecule has 1 saturated carbocycles. The minimum absolute atomic E-state index is 0.105. The van der Waals surface area contributed by atoms with Crippen LogP contribution in [0, 0.1) is 5.41 Å². The van der Waals surface area contributed by atoms with Gasteiger partial charge in [-0.3, -0.25) is 4.79 Å².